The van der Waals surface area contributed by atoms with Gasteiger partial charge in [-0.15, -0.1) is 0 Å². The van der Waals surface area contributed by atoms with Gasteiger partial charge in [0.15, 0.2) is 0 Å². The standard InChI is InChI=1S/C14H14FN3O2S/c1-18(2)21(19,20)11-4-5-12(13(15)9-11)14-6-3-10(17-14)7-8-16/h3-6,9,17H,7H2,1-2H3. The molecular weight excluding hydrogens is 293 g/mol. The molecular formula is C14H14FN3O2S. The number of H-pyrrole nitrogens is 1. The minimum Gasteiger partial charge on any atom is -0.357 e. The Labute approximate surface area is 122 Å². The summed E-state index contributed by atoms with van der Waals surface area (Å²) in [6.45, 7) is 0. The van der Waals surface area contributed by atoms with Crippen molar-refractivity contribution >= 4 is 10.0 Å². The second-order valence-electron chi connectivity index (χ2n) is 4.66. The molecule has 0 fully saturated rings. The smallest absolute Gasteiger partial charge is 0.242 e. The first-order chi connectivity index (χ1) is 9.86. The normalized spacial score (nSPS) is 11.6. The third-order valence-electron chi connectivity index (χ3n) is 3.03. The molecule has 7 heteroatoms. The van der Waals surface area contributed by atoms with Gasteiger partial charge >= 0.3 is 0 Å². The number of nitrogens with zero attached hydrogens (tertiary/aromatic N) is 2. The summed E-state index contributed by atoms with van der Waals surface area (Å²) >= 11 is 0. The first-order valence-corrected chi connectivity index (χ1v) is 7.57. The van der Waals surface area contributed by atoms with Crippen LogP contribution in [-0.4, -0.2) is 31.8 Å². The average molecular weight is 307 g/mol. The van der Waals surface area contributed by atoms with Gasteiger partial charge in [-0.2, -0.15) is 5.26 Å². The van der Waals surface area contributed by atoms with Gasteiger partial charge in [-0.25, -0.2) is 17.1 Å². The lowest BCUT2D eigenvalue weighted by molar-refractivity contribution is 0.519. The molecule has 0 atom stereocenters. The van der Waals surface area contributed by atoms with E-state index in [0.717, 1.165) is 10.4 Å². The summed E-state index contributed by atoms with van der Waals surface area (Å²) in [7, 11) is -0.883. The Balaban J connectivity index is 2.42. The molecule has 2 rings (SSSR count). The summed E-state index contributed by atoms with van der Waals surface area (Å²) in [5.41, 5.74) is 1.44. The van der Waals surface area contributed by atoms with Gasteiger partial charge < -0.3 is 4.98 Å². The number of nitrogens with one attached hydrogen (secondary N) is 1. The van der Waals surface area contributed by atoms with Gasteiger partial charge in [0.2, 0.25) is 10.0 Å². The molecule has 0 unspecified atom stereocenters. The molecule has 0 amide bonds. The third-order valence-corrected chi connectivity index (χ3v) is 4.84. The SMILES string of the molecule is CN(C)S(=O)(=O)c1ccc(-c2ccc(CC#N)[nH]2)c(F)c1. The highest BCUT2D eigenvalue weighted by Gasteiger charge is 2.19. The highest BCUT2D eigenvalue weighted by molar-refractivity contribution is 7.89. The van der Waals surface area contributed by atoms with E-state index >= 15 is 0 Å². The number of rotatable bonds is 4. The highest BCUT2D eigenvalue weighted by atomic mass is 32.2. The van der Waals surface area contributed by atoms with Crippen LogP contribution < -0.4 is 0 Å². The van der Waals surface area contributed by atoms with Crippen molar-refractivity contribution in [2.75, 3.05) is 14.1 Å². The van der Waals surface area contributed by atoms with E-state index in [4.69, 9.17) is 5.26 Å². The first-order valence-electron chi connectivity index (χ1n) is 6.13. The van der Waals surface area contributed by atoms with Crippen LogP contribution in [0.3, 0.4) is 0 Å². The fourth-order valence-corrected chi connectivity index (χ4v) is 2.79. The molecule has 5 nitrogen and oxygen atoms in total. The average Bonchev–Trinajstić information content (AvgIpc) is 2.87. The number of aromatic nitrogens is 1. The van der Waals surface area contributed by atoms with Gasteiger partial charge in [-0.05, 0) is 30.3 Å². The molecule has 2 aromatic rings. The third kappa shape index (κ3) is 2.96. The van der Waals surface area contributed by atoms with E-state index < -0.39 is 15.8 Å². The Morgan fingerprint density at radius 1 is 1.29 bits per heavy atom. The lowest BCUT2D eigenvalue weighted by atomic mass is 10.1. The molecule has 1 aromatic carbocycles. The Kier molecular flexibility index (Phi) is 4.11. The quantitative estimate of drug-likeness (QED) is 0.940. The minimum atomic E-state index is -3.66. The summed E-state index contributed by atoms with van der Waals surface area (Å²) in [6.07, 6.45) is 0.203. The van der Waals surface area contributed by atoms with Gasteiger partial charge in [0.25, 0.3) is 0 Å². The van der Waals surface area contributed by atoms with Crippen molar-refractivity contribution in [2.24, 2.45) is 0 Å². The molecule has 0 aliphatic carbocycles. The second-order valence-corrected chi connectivity index (χ2v) is 6.81. The minimum absolute atomic E-state index is 0.0995. The first kappa shape index (κ1) is 15.2. The van der Waals surface area contributed by atoms with E-state index in [0.29, 0.717) is 11.4 Å². The van der Waals surface area contributed by atoms with Crippen LogP contribution in [0.15, 0.2) is 35.2 Å². The molecule has 0 bridgehead atoms. The molecule has 21 heavy (non-hydrogen) atoms. The molecule has 1 N–H and O–H groups in total. The zero-order valence-corrected chi connectivity index (χ0v) is 12.4. The van der Waals surface area contributed by atoms with Gasteiger partial charge in [-0.3, -0.25) is 0 Å². The van der Waals surface area contributed by atoms with Crippen molar-refractivity contribution in [1.82, 2.24) is 9.29 Å². The fourth-order valence-electron chi connectivity index (χ4n) is 1.87. The predicted octanol–water partition coefficient (Wildman–Crippen LogP) is 2.14. The van der Waals surface area contributed by atoms with Crippen molar-refractivity contribution < 1.29 is 12.8 Å². The largest absolute Gasteiger partial charge is 0.357 e. The molecule has 1 aromatic heterocycles. The van der Waals surface area contributed by atoms with Crippen molar-refractivity contribution in [3.63, 3.8) is 0 Å². The van der Waals surface area contributed by atoms with Crippen LogP contribution in [0.2, 0.25) is 0 Å². The number of nitriles is 1. The molecule has 0 saturated heterocycles. The Hall–Kier alpha value is -2.17. The van der Waals surface area contributed by atoms with Gasteiger partial charge in [0.1, 0.15) is 5.82 Å². The van der Waals surface area contributed by atoms with Crippen molar-refractivity contribution in [3.8, 4) is 17.3 Å². The molecule has 0 aliphatic rings. The maximum Gasteiger partial charge on any atom is 0.242 e. The summed E-state index contributed by atoms with van der Waals surface area (Å²) in [6, 6.07) is 9.12. The van der Waals surface area contributed by atoms with Gasteiger partial charge in [-0.1, -0.05) is 0 Å². The number of hydrogen-bond donors (Lipinski definition) is 1. The number of halogens is 1. The summed E-state index contributed by atoms with van der Waals surface area (Å²) in [5.74, 6) is -0.636. The number of benzene rings is 1. The molecule has 0 saturated carbocycles. The lowest BCUT2D eigenvalue weighted by Crippen LogP contribution is -2.22. The van der Waals surface area contributed by atoms with E-state index in [2.05, 4.69) is 4.98 Å². The van der Waals surface area contributed by atoms with Crippen LogP contribution in [-0.2, 0) is 16.4 Å². The molecule has 1 heterocycles. The summed E-state index contributed by atoms with van der Waals surface area (Å²) in [4.78, 5) is 2.83. The summed E-state index contributed by atoms with van der Waals surface area (Å²) < 4.78 is 39.1. The van der Waals surface area contributed by atoms with Gasteiger partial charge in [0, 0.05) is 31.0 Å². The Bertz CT molecular complexity index is 804. The summed E-state index contributed by atoms with van der Waals surface area (Å²) in [5, 5.41) is 8.62. The van der Waals surface area contributed by atoms with E-state index in [-0.39, 0.29) is 16.9 Å². The van der Waals surface area contributed by atoms with Crippen LogP contribution in [0, 0.1) is 17.1 Å². The van der Waals surface area contributed by atoms with Crippen LogP contribution in [0.4, 0.5) is 4.39 Å². The number of aromatic amines is 1. The van der Waals surface area contributed by atoms with Crippen LogP contribution >= 0.6 is 0 Å². The zero-order valence-electron chi connectivity index (χ0n) is 11.6. The number of sulfonamides is 1. The molecule has 110 valence electrons. The Morgan fingerprint density at radius 3 is 2.57 bits per heavy atom. The van der Waals surface area contributed by atoms with E-state index in [1.165, 1.54) is 26.2 Å². The van der Waals surface area contributed by atoms with Crippen molar-refractivity contribution in [2.45, 2.75) is 11.3 Å². The van der Waals surface area contributed by atoms with Crippen molar-refractivity contribution in [1.29, 1.82) is 5.26 Å². The molecule has 0 aliphatic heterocycles. The van der Waals surface area contributed by atoms with Gasteiger partial charge in [0.05, 0.1) is 17.4 Å². The second kappa shape index (κ2) is 5.68. The highest BCUT2D eigenvalue weighted by Crippen LogP contribution is 2.25. The fraction of sp³-hybridized carbons (Fsp3) is 0.214. The van der Waals surface area contributed by atoms with E-state index in [1.54, 1.807) is 12.1 Å². The van der Waals surface area contributed by atoms with E-state index in [1.807, 2.05) is 6.07 Å². The van der Waals surface area contributed by atoms with Crippen molar-refractivity contribution in [3.05, 3.63) is 41.8 Å². The maximum atomic E-state index is 14.2. The monoisotopic (exact) mass is 307 g/mol. The zero-order chi connectivity index (χ0) is 15.6. The van der Waals surface area contributed by atoms with Crippen LogP contribution in [0.1, 0.15) is 5.69 Å². The lowest BCUT2D eigenvalue weighted by Gasteiger charge is -2.12. The topological polar surface area (TPSA) is 77.0 Å². The Morgan fingerprint density at radius 2 is 2.00 bits per heavy atom. The molecule has 0 radical (unpaired) electrons. The van der Waals surface area contributed by atoms with Crippen LogP contribution in [0.5, 0.6) is 0 Å². The maximum absolute atomic E-state index is 14.2. The molecule has 0 spiro atoms. The predicted molar refractivity (Wildman–Crippen MR) is 76.4 cm³/mol. The van der Waals surface area contributed by atoms with Crippen LogP contribution in [0.25, 0.3) is 11.3 Å². The number of hydrogen-bond acceptors (Lipinski definition) is 3. The van der Waals surface area contributed by atoms with E-state index in [9.17, 15) is 12.8 Å².